The molecule has 1 saturated carbocycles. The van der Waals surface area contributed by atoms with E-state index >= 15 is 0 Å². The first-order valence-electron chi connectivity index (χ1n) is 10.1. The van der Waals surface area contributed by atoms with E-state index in [4.69, 9.17) is 0 Å². The van der Waals surface area contributed by atoms with Gasteiger partial charge in [-0.1, -0.05) is 25.1 Å². The third-order valence-electron chi connectivity index (χ3n) is 5.49. The maximum Gasteiger partial charge on any atom is 0.191 e. The van der Waals surface area contributed by atoms with Gasteiger partial charge in [-0.15, -0.1) is 11.8 Å². The molecule has 0 unspecified atom stereocenters. The first kappa shape index (κ1) is 19.6. The van der Waals surface area contributed by atoms with Crippen LogP contribution in [0.4, 0.5) is 0 Å². The summed E-state index contributed by atoms with van der Waals surface area (Å²) in [6.07, 6.45) is 6.44. The Bertz CT molecular complexity index is 563. The Morgan fingerprint density at radius 1 is 1.19 bits per heavy atom. The predicted molar refractivity (Wildman–Crippen MR) is 113 cm³/mol. The lowest BCUT2D eigenvalue weighted by atomic mass is 9.97. The second-order valence-corrected chi connectivity index (χ2v) is 9.23. The first-order chi connectivity index (χ1) is 12.7. The number of benzene rings is 1. The van der Waals surface area contributed by atoms with Crippen molar-refractivity contribution in [2.24, 2.45) is 10.9 Å². The zero-order valence-corrected chi connectivity index (χ0v) is 17.2. The van der Waals surface area contributed by atoms with Crippen LogP contribution in [0.5, 0.6) is 0 Å². The van der Waals surface area contributed by atoms with Crippen molar-refractivity contribution < 1.29 is 0 Å². The molecule has 0 radical (unpaired) electrons. The fourth-order valence-electron chi connectivity index (χ4n) is 3.63. The Labute approximate surface area is 163 Å². The van der Waals surface area contributed by atoms with Gasteiger partial charge in [-0.2, -0.15) is 0 Å². The van der Waals surface area contributed by atoms with Crippen molar-refractivity contribution >= 4 is 17.7 Å². The van der Waals surface area contributed by atoms with Gasteiger partial charge in [0.2, 0.25) is 0 Å². The molecule has 5 heteroatoms. The van der Waals surface area contributed by atoms with Crippen molar-refractivity contribution in [3.8, 4) is 0 Å². The Balaban J connectivity index is 1.37. The number of hydrogen-bond acceptors (Lipinski definition) is 3. The number of thioether (sulfide) groups is 1. The van der Waals surface area contributed by atoms with E-state index in [0.717, 1.165) is 25.0 Å². The number of aliphatic imine (C=N–C) groups is 1. The molecule has 0 amide bonds. The summed E-state index contributed by atoms with van der Waals surface area (Å²) in [5.74, 6) is 1.73. The van der Waals surface area contributed by atoms with Crippen molar-refractivity contribution in [1.29, 1.82) is 0 Å². The van der Waals surface area contributed by atoms with Gasteiger partial charge < -0.3 is 15.5 Å². The Morgan fingerprint density at radius 3 is 2.54 bits per heavy atom. The highest BCUT2D eigenvalue weighted by molar-refractivity contribution is 8.01. The first-order valence-corrected chi connectivity index (χ1v) is 11.0. The van der Waals surface area contributed by atoms with E-state index in [2.05, 4.69) is 57.8 Å². The molecule has 0 atom stereocenters. The van der Waals surface area contributed by atoms with Gasteiger partial charge in [0.15, 0.2) is 5.96 Å². The van der Waals surface area contributed by atoms with Crippen LogP contribution in [-0.2, 0) is 0 Å². The van der Waals surface area contributed by atoms with Crippen LogP contribution in [0.15, 0.2) is 40.2 Å². The maximum atomic E-state index is 4.43. The third kappa shape index (κ3) is 5.92. The molecule has 1 aliphatic carbocycles. The highest BCUT2D eigenvalue weighted by Crippen LogP contribution is 2.51. The SMILES string of the molecule is CCCN1CCC(CNC(=NC)NCC2(Sc3ccccc3)CC2)CC1. The molecule has 0 aromatic heterocycles. The molecule has 1 saturated heterocycles. The van der Waals surface area contributed by atoms with Crippen LogP contribution in [0.25, 0.3) is 0 Å². The van der Waals surface area contributed by atoms with Crippen molar-refractivity contribution in [2.75, 3.05) is 39.8 Å². The normalized spacial score (nSPS) is 20.8. The van der Waals surface area contributed by atoms with Gasteiger partial charge in [0.1, 0.15) is 0 Å². The van der Waals surface area contributed by atoms with Crippen LogP contribution in [0.1, 0.15) is 39.0 Å². The van der Waals surface area contributed by atoms with Crippen molar-refractivity contribution in [3.05, 3.63) is 30.3 Å². The summed E-state index contributed by atoms with van der Waals surface area (Å²) in [7, 11) is 1.88. The molecule has 144 valence electrons. The number of hydrogen-bond donors (Lipinski definition) is 2. The monoisotopic (exact) mass is 374 g/mol. The molecular formula is C21H34N4S. The Morgan fingerprint density at radius 2 is 1.92 bits per heavy atom. The molecule has 2 N–H and O–H groups in total. The van der Waals surface area contributed by atoms with E-state index in [1.807, 2.05) is 18.8 Å². The second-order valence-electron chi connectivity index (χ2n) is 7.69. The summed E-state index contributed by atoms with van der Waals surface area (Å²) in [4.78, 5) is 8.40. The van der Waals surface area contributed by atoms with Gasteiger partial charge in [0, 0.05) is 29.8 Å². The molecule has 0 spiro atoms. The summed E-state index contributed by atoms with van der Waals surface area (Å²) in [5, 5.41) is 7.13. The number of nitrogens with zero attached hydrogens (tertiary/aromatic N) is 2. The van der Waals surface area contributed by atoms with Gasteiger partial charge in [-0.25, -0.2) is 0 Å². The molecule has 3 rings (SSSR count). The summed E-state index contributed by atoms with van der Waals surface area (Å²) < 4.78 is 0.352. The van der Waals surface area contributed by atoms with Gasteiger partial charge in [0.25, 0.3) is 0 Å². The summed E-state index contributed by atoms with van der Waals surface area (Å²) in [6.45, 7) is 8.06. The Kier molecular flexibility index (Phi) is 7.26. The number of piperidine rings is 1. The zero-order valence-electron chi connectivity index (χ0n) is 16.3. The minimum atomic E-state index is 0.352. The van der Waals surface area contributed by atoms with E-state index in [1.54, 1.807) is 0 Å². The minimum absolute atomic E-state index is 0.352. The van der Waals surface area contributed by atoms with Crippen molar-refractivity contribution in [1.82, 2.24) is 15.5 Å². The Hall–Kier alpha value is -1.20. The highest BCUT2D eigenvalue weighted by Gasteiger charge is 2.43. The van der Waals surface area contributed by atoms with Crippen LogP contribution >= 0.6 is 11.8 Å². The van der Waals surface area contributed by atoms with Crippen molar-refractivity contribution in [2.45, 2.75) is 48.7 Å². The molecule has 2 fully saturated rings. The molecule has 1 aliphatic heterocycles. The number of guanidine groups is 1. The second kappa shape index (κ2) is 9.65. The summed E-state index contributed by atoms with van der Waals surface area (Å²) >= 11 is 2.01. The van der Waals surface area contributed by atoms with E-state index in [1.165, 1.54) is 56.6 Å². The zero-order chi connectivity index (χ0) is 18.2. The molecule has 1 aromatic carbocycles. The quantitative estimate of drug-likeness (QED) is 0.539. The lowest BCUT2D eigenvalue weighted by Crippen LogP contribution is -2.44. The van der Waals surface area contributed by atoms with Crippen LogP contribution < -0.4 is 10.6 Å². The highest BCUT2D eigenvalue weighted by atomic mass is 32.2. The van der Waals surface area contributed by atoms with Crippen LogP contribution in [0.3, 0.4) is 0 Å². The van der Waals surface area contributed by atoms with Crippen LogP contribution in [0.2, 0.25) is 0 Å². The standard InChI is InChI=1S/C21H34N4S/c1-3-13-25-14-9-18(10-15-25)16-23-20(22-2)24-17-21(11-12-21)26-19-7-5-4-6-8-19/h4-8,18H,3,9-17H2,1-2H3,(H2,22,23,24). The molecule has 1 heterocycles. The maximum absolute atomic E-state index is 4.43. The van der Waals surface area contributed by atoms with Gasteiger partial charge >= 0.3 is 0 Å². The number of rotatable bonds is 8. The molecule has 2 aliphatic rings. The molecule has 1 aromatic rings. The average molecular weight is 375 g/mol. The minimum Gasteiger partial charge on any atom is -0.356 e. The molecule has 0 bridgehead atoms. The fraction of sp³-hybridized carbons (Fsp3) is 0.667. The fourth-order valence-corrected chi connectivity index (χ4v) is 4.87. The average Bonchev–Trinajstić information content (AvgIpc) is 3.44. The number of likely N-dealkylation sites (tertiary alicyclic amines) is 1. The van der Waals surface area contributed by atoms with Gasteiger partial charge in [0.05, 0.1) is 0 Å². The molecular weight excluding hydrogens is 340 g/mol. The van der Waals surface area contributed by atoms with Crippen LogP contribution in [-0.4, -0.2) is 55.4 Å². The predicted octanol–water partition coefficient (Wildman–Crippen LogP) is 3.60. The molecule has 4 nitrogen and oxygen atoms in total. The lowest BCUT2D eigenvalue weighted by molar-refractivity contribution is 0.185. The summed E-state index contributed by atoms with van der Waals surface area (Å²) in [6, 6.07) is 10.8. The van der Waals surface area contributed by atoms with Crippen LogP contribution in [0, 0.1) is 5.92 Å². The molecule has 26 heavy (non-hydrogen) atoms. The van der Waals surface area contributed by atoms with E-state index in [9.17, 15) is 0 Å². The largest absolute Gasteiger partial charge is 0.356 e. The summed E-state index contributed by atoms with van der Waals surface area (Å²) in [5.41, 5.74) is 0. The van der Waals surface area contributed by atoms with Gasteiger partial charge in [-0.3, -0.25) is 4.99 Å². The lowest BCUT2D eigenvalue weighted by Gasteiger charge is -2.32. The van der Waals surface area contributed by atoms with Crippen molar-refractivity contribution in [3.63, 3.8) is 0 Å². The smallest absolute Gasteiger partial charge is 0.191 e. The van der Waals surface area contributed by atoms with Gasteiger partial charge in [-0.05, 0) is 69.8 Å². The third-order valence-corrected chi connectivity index (χ3v) is 6.99. The topological polar surface area (TPSA) is 39.7 Å². The number of nitrogens with one attached hydrogen (secondary N) is 2. The van der Waals surface area contributed by atoms with E-state index < -0.39 is 0 Å². The van der Waals surface area contributed by atoms with E-state index in [-0.39, 0.29) is 0 Å². The van der Waals surface area contributed by atoms with E-state index in [0.29, 0.717) is 4.75 Å².